The molecule has 2 N–H and O–H groups in total. The van der Waals surface area contributed by atoms with Crippen LogP contribution in [0.15, 0.2) is 48.0 Å². The Bertz CT molecular complexity index is 1080. The number of phosphoric acid groups is 1. The number of thioether (sulfide) groups is 1. The smallest absolute Gasteiger partial charge is 0.386 e. The van der Waals surface area contributed by atoms with E-state index in [1.165, 1.54) is 24.4 Å². The number of phosphoric ester groups is 1. The van der Waals surface area contributed by atoms with Crippen molar-refractivity contribution in [3.05, 3.63) is 48.5 Å². The van der Waals surface area contributed by atoms with Gasteiger partial charge in [0, 0.05) is 5.75 Å². The van der Waals surface area contributed by atoms with E-state index in [4.69, 9.17) is 13.8 Å². The first-order chi connectivity index (χ1) is 14.0. The van der Waals surface area contributed by atoms with Crippen molar-refractivity contribution < 1.29 is 28.3 Å². The normalized spacial score (nSPS) is 31.8. The molecule has 0 bridgehead atoms. The highest BCUT2D eigenvalue weighted by Crippen LogP contribution is 2.52. The number of imidazole rings is 1. The maximum absolute atomic E-state index is 11.7. The summed E-state index contributed by atoms with van der Waals surface area (Å²) in [5.41, 5.74) is 2.24. The highest BCUT2D eigenvalue weighted by Gasteiger charge is 2.52. The second-order valence-electron chi connectivity index (χ2n) is 6.67. The van der Waals surface area contributed by atoms with Gasteiger partial charge in [-0.15, -0.1) is 0 Å². The molecule has 0 radical (unpaired) electrons. The number of rotatable bonds is 4. The van der Waals surface area contributed by atoms with E-state index in [0.717, 1.165) is 11.3 Å². The van der Waals surface area contributed by atoms with Gasteiger partial charge in [0.2, 0.25) is 0 Å². The first-order valence-electron chi connectivity index (χ1n) is 8.85. The van der Waals surface area contributed by atoms with Crippen LogP contribution >= 0.6 is 19.6 Å². The average molecular weight is 436 g/mol. The summed E-state index contributed by atoms with van der Waals surface area (Å²) < 4.78 is 28.8. The Labute approximate surface area is 169 Å². The molecule has 12 heteroatoms. The topological polar surface area (TPSA) is 129 Å². The lowest BCUT2D eigenvalue weighted by Gasteiger charge is -2.27. The number of aromatic nitrogens is 4. The zero-order chi connectivity index (χ0) is 20.0. The van der Waals surface area contributed by atoms with Crippen LogP contribution in [0.4, 0.5) is 0 Å². The molecular weight excluding hydrogens is 419 g/mol. The third-order valence-corrected chi connectivity index (χ3v) is 6.82. The molecule has 2 aliphatic heterocycles. The first kappa shape index (κ1) is 19.1. The molecule has 0 amide bonds. The fraction of sp³-hybridized carbons (Fsp3) is 0.353. The lowest BCUT2D eigenvalue weighted by molar-refractivity contribution is -0.0664. The number of hydrogen-bond donors (Lipinski definition) is 2. The van der Waals surface area contributed by atoms with E-state index in [-0.39, 0.29) is 6.61 Å². The van der Waals surface area contributed by atoms with Crippen molar-refractivity contribution in [3.8, 4) is 0 Å². The van der Waals surface area contributed by atoms with Crippen LogP contribution in [0.2, 0.25) is 0 Å². The van der Waals surface area contributed by atoms with Gasteiger partial charge in [0.15, 0.2) is 11.9 Å². The Hall–Kier alpha value is -1.85. The van der Waals surface area contributed by atoms with Crippen molar-refractivity contribution in [2.75, 3.05) is 6.61 Å². The van der Waals surface area contributed by atoms with Gasteiger partial charge in [0.25, 0.3) is 0 Å². The van der Waals surface area contributed by atoms with Gasteiger partial charge >= 0.3 is 7.82 Å². The SMILES string of the molecule is O=P1(O)OCC2O[C@@H](n3cnc4c(SCc5ccccc5)ncnc43)[C@H](O)C2O1. The molecule has 3 aromatic rings. The van der Waals surface area contributed by atoms with Gasteiger partial charge in [-0.3, -0.25) is 13.6 Å². The molecule has 4 heterocycles. The van der Waals surface area contributed by atoms with Crippen LogP contribution in [0.5, 0.6) is 0 Å². The maximum Gasteiger partial charge on any atom is 0.472 e. The number of benzene rings is 1. The summed E-state index contributed by atoms with van der Waals surface area (Å²) in [4.78, 5) is 22.5. The summed E-state index contributed by atoms with van der Waals surface area (Å²) in [7, 11) is -4.19. The van der Waals surface area contributed by atoms with E-state index in [9.17, 15) is 14.6 Å². The van der Waals surface area contributed by atoms with Crippen LogP contribution < -0.4 is 0 Å². The molecule has 5 atom stereocenters. The molecule has 2 aliphatic rings. The molecule has 1 aromatic carbocycles. The van der Waals surface area contributed by atoms with Crippen molar-refractivity contribution in [2.45, 2.75) is 35.3 Å². The minimum absolute atomic E-state index is 0.147. The number of aliphatic hydroxyl groups excluding tert-OH is 1. The molecule has 2 fully saturated rings. The second-order valence-corrected chi connectivity index (χ2v) is 9.04. The van der Waals surface area contributed by atoms with Gasteiger partial charge in [-0.05, 0) is 5.56 Å². The Kier molecular flexibility index (Phi) is 4.91. The summed E-state index contributed by atoms with van der Waals surface area (Å²) >= 11 is 1.53. The molecule has 3 unspecified atom stereocenters. The van der Waals surface area contributed by atoms with Crippen LogP contribution in [0.1, 0.15) is 11.8 Å². The van der Waals surface area contributed by atoms with Gasteiger partial charge in [-0.2, -0.15) is 0 Å². The van der Waals surface area contributed by atoms with E-state index in [0.29, 0.717) is 16.2 Å². The monoisotopic (exact) mass is 436 g/mol. The van der Waals surface area contributed by atoms with E-state index >= 15 is 0 Å². The fourth-order valence-electron chi connectivity index (χ4n) is 3.41. The van der Waals surface area contributed by atoms with Gasteiger partial charge in [0.1, 0.15) is 35.2 Å². The van der Waals surface area contributed by atoms with Crippen LogP contribution in [-0.4, -0.2) is 54.4 Å². The molecule has 2 saturated heterocycles. The fourth-order valence-corrected chi connectivity index (χ4v) is 5.28. The van der Waals surface area contributed by atoms with Crippen molar-refractivity contribution in [1.82, 2.24) is 19.5 Å². The average Bonchev–Trinajstić information content (AvgIpc) is 3.28. The molecule has 0 saturated carbocycles. The first-order valence-corrected chi connectivity index (χ1v) is 11.3. The van der Waals surface area contributed by atoms with E-state index in [1.807, 2.05) is 30.3 Å². The zero-order valence-electron chi connectivity index (χ0n) is 14.9. The minimum atomic E-state index is -4.19. The van der Waals surface area contributed by atoms with Gasteiger partial charge < -0.3 is 14.7 Å². The second kappa shape index (κ2) is 7.44. The lowest BCUT2D eigenvalue weighted by atomic mass is 10.1. The van der Waals surface area contributed by atoms with E-state index in [2.05, 4.69) is 15.0 Å². The molecule has 29 heavy (non-hydrogen) atoms. The van der Waals surface area contributed by atoms with Gasteiger partial charge in [0.05, 0.1) is 12.9 Å². The summed E-state index contributed by atoms with van der Waals surface area (Å²) in [6.45, 7) is -0.147. The number of ether oxygens (including phenoxy) is 1. The van der Waals surface area contributed by atoms with Gasteiger partial charge in [-0.25, -0.2) is 19.5 Å². The third-order valence-electron chi connectivity index (χ3n) is 4.78. The third kappa shape index (κ3) is 3.59. The highest BCUT2D eigenvalue weighted by molar-refractivity contribution is 7.98. The predicted octanol–water partition coefficient (Wildman–Crippen LogP) is 1.89. The minimum Gasteiger partial charge on any atom is -0.386 e. The van der Waals surface area contributed by atoms with Crippen molar-refractivity contribution in [3.63, 3.8) is 0 Å². The summed E-state index contributed by atoms with van der Waals surface area (Å²) in [6, 6.07) is 10.0. The molecule has 0 spiro atoms. The largest absolute Gasteiger partial charge is 0.472 e. The molecule has 2 aromatic heterocycles. The summed E-state index contributed by atoms with van der Waals surface area (Å²) in [5, 5.41) is 11.3. The summed E-state index contributed by atoms with van der Waals surface area (Å²) in [5.74, 6) is 0.726. The number of fused-ring (bicyclic) bond motifs is 2. The molecular formula is C17H17N4O6PS. The molecule has 10 nitrogen and oxygen atoms in total. The van der Waals surface area contributed by atoms with Crippen LogP contribution in [0.25, 0.3) is 11.2 Å². The van der Waals surface area contributed by atoms with Crippen LogP contribution in [0.3, 0.4) is 0 Å². The Morgan fingerprint density at radius 3 is 2.90 bits per heavy atom. The number of aliphatic hydroxyl groups is 1. The number of nitrogens with zero attached hydrogens (tertiary/aromatic N) is 4. The quantitative estimate of drug-likeness (QED) is 0.355. The maximum atomic E-state index is 11.7. The Morgan fingerprint density at radius 1 is 1.24 bits per heavy atom. The number of hydrogen-bond acceptors (Lipinski definition) is 9. The zero-order valence-corrected chi connectivity index (χ0v) is 16.6. The Balaban J connectivity index is 1.41. The van der Waals surface area contributed by atoms with E-state index < -0.39 is 32.4 Å². The van der Waals surface area contributed by atoms with Gasteiger partial charge in [-0.1, -0.05) is 42.1 Å². The molecule has 0 aliphatic carbocycles. The van der Waals surface area contributed by atoms with Crippen molar-refractivity contribution in [1.29, 1.82) is 0 Å². The Morgan fingerprint density at radius 2 is 2.07 bits per heavy atom. The predicted molar refractivity (Wildman–Crippen MR) is 102 cm³/mol. The van der Waals surface area contributed by atoms with E-state index in [1.54, 1.807) is 4.57 Å². The lowest BCUT2D eigenvalue weighted by Crippen LogP contribution is -2.39. The van der Waals surface area contributed by atoms with Crippen LogP contribution in [0, 0.1) is 0 Å². The molecule has 5 rings (SSSR count). The summed E-state index contributed by atoms with van der Waals surface area (Å²) in [6.07, 6.45) is -0.762. The molecule has 152 valence electrons. The van der Waals surface area contributed by atoms with Crippen molar-refractivity contribution in [2.24, 2.45) is 0 Å². The van der Waals surface area contributed by atoms with Crippen molar-refractivity contribution >= 4 is 30.7 Å². The standard InChI is InChI=1S/C17H17N4O6PS/c22-13-14-11(6-25-28(23,24)27-14)26-17(13)21-9-20-12-15(21)18-8-19-16(12)29-7-10-4-2-1-3-5-10/h1-5,8-9,11,13-14,17,22H,6-7H2,(H,23,24)/t11?,13-,14?,17-/m1/s1. The van der Waals surface area contributed by atoms with Crippen LogP contribution in [-0.2, 0) is 24.1 Å². The highest BCUT2D eigenvalue weighted by atomic mass is 32.2.